The van der Waals surface area contributed by atoms with Gasteiger partial charge in [-0.1, -0.05) is 0 Å². The van der Waals surface area contributed by atoms with E-state index < -0.39 is 0 Å². The quantitative estimate of drug-likeness (QED) is 0.549. The molecule has 1 aromatic rings. The van der Waals surface area contributed by atoms with Gasteiger partial charge in [-0.25, -0.2) is 0 Å². The van der Waals surface area contributed by atoms with E-state index in [0.29, 0.717) is 0 Å². The van der Waals surface area contributed by atoms with Gasteiger partial charge in [0, 0.05) is 12.4 Å². The minimum absolute atomic E-state index is 0. The van der Waals surface area contributed by atoms with Crippen molar-refractivity contribution < 1.29 is 4.74 Å². The number of nitrogens with one attached hydrogen (secondary N) is 1. The fourth-order valence-corrected chi connectivity index (χ4v) is 0.436. The van der Waals surface area contributed by atoms with Crippen molar-refractivity contribution in [3.05, 3.63) is 18.5 Å². The van der Waals surface area contributed by atoms with Gasteiger partial charge in [-0.2, -0.15) is 0 Å². The van der Waals surface area contributed by atoms with Crippen molar-refractivity contribution in [1.82, 2.24) is 4.98 Å². The Morgan fingerprint density at radius 1 is 1.62 bits per heavy atom. The molecule has 1 N–H and O–H groups in total. The van der Waals surface area contributed by atoms with Gasteiger partial charge < -0.3 is 9.72 Å². The van der Waals surface area contributed by atoms with Crippen molar-refractivity contribution in [3.8, 4) is 5.75 Å². The van der Waals surface area contributed by atoms with Crippen LogP contribution in [0, 0.1) is 0 Å². The number of aromatic amines is 1. The number of H-pyrrole nitrogens is 1. The van der Waals surface area contributed by atoms with E-state index in [1.54, 1.807) is 13.3 Å². The first-order valence-electron chi connectivity index (χ1n) is 2.10. The summed E-state index contributed by atoms with van der Waals surface area (Å²) in [5.74, 6) is 0.875. The zero-order chi connectivity index (χ0) is 5.11. The van der Waals surface area contributed by atoms with Crippen LogP contribution in [0.5, 0.6) is 5.75 Å². The van der Waals surface area contributed by atoms with Crippen molar-refractivity contribution in [2.24, 2.45) is 0 Å². The normalized spacial score (nSPS) is 7.62. The second-order valence-electron chi connectivity index (χ2n) is 1.25. The molecule has 0 amide bonds. The molecule has 1 heterocycles. The van der Waals surface area contributed by atoms with E-state index in [1.165, 1.54) is 0 Å². The molecule has 0 aliphatic carbocycles. The molecule has 42 valence electrons. The van der Waals surface area contributed by atoms with Crippen molar-refractivity contribution in [2.75, 3.05) is 7.11 Å². The third-order valence-electron chi connectivity index (χ3n) is 0.805. The summed E-state index contributed by atoms with van der Waals surface area (Å²) in [6.07, 6.45) is 3.61. The number of aromatic nitrogens is 1. The summed E-state index contributed by atoms with van der Waals surface area (Å²) in [6, 6.07) is 1.86. The van der Waals surface area contributed by atoms with E-state index in [0.717, 1.165) is 5.75 Å². The molecule has 1 rings (SSSR count). The Labute approximate surface area is 78.2 Å². The van der Waals surface area contributed by atoms with Crippen LogP contribution in [0.25, 0.3) is 0 Å². The summed E-state index contributed by atoms with van der Waals surface area (Å²) in [4.78, 5) is 2.86. The molecule has 0 aliphatic heterocycles. The molecular formula is C5H9CaNO. The van der Waals surface area contributed by atoms with Crippen LogP contribution in [-0.4, -0.2) is 49.8 Å². The van der Waals surface area contributed by atoms with E-state index in [2.05, 4.69) is 4.98 Å². The van der Waals surface area contributed by atoms with Gasteiger partial charge in [-0.05, 0) is 6.07 Å². The first kappa shape index (κ1) is 8.34. The van der Waals surface area contributed by atoms with Crippen LogP contribution in [0.15, 0.2) is 18.5 Å². The summed E-state index contributed by atoms with van der Waals surface area (Å²) in [6.45, 7) is 0. The summed E-state index contributed by atoms with van der Waals surface area (Å²) in [5, 5.41) is 0. The number of hydrogen-bond donors (Lipinski definition) is 1. The standard InChI is InChI=1S/C5H7NO.Ca.2H/c1-7-5-2-3-6-4-5;;;/h2-4,6H,1H3;;;. The van der Waals surface area contributed by atoms with Crippen molar-refractivity contribution in [1.29, 1.82) is 0 Å². The fourth-order valence-electron chi connectivity index (χ4n) is 0.436. The third kappa shape index (κ3) is 2.07. The van der Waals surface area contributed by atoms with Gasteiger partial charge in [0.25, 0.3) is 0 Å². The molecule has 0 spiro atoms. The summed E-state index contributed by atoms with van der Waals surface area (Å²) in [5.41, 5.74) is 0. The van der Waals surface area contributed by atoms with Gasteiger partial charge in [-0.15, -0.1) is 0 Å². The second kappa shape index (κ2) is 4.24. The molecular weight excluding hydrogens is 130 g/mol. The Hall–Kier alpha value is 0.340. The van der Waals surface area contributed by atoms with Crippen LogP contribution in [0.4, 0.5) is 0 Å². The first-order valence-corrected chi connectivity index (χ1v) is 2.10. The van der Waals surface area contributed by atoms with Crippen molar-refractivity contribution in [2.45, 2.75) is 0 Å². The predicted molar refractivity (Wildman–Crippen MR) is 35.9 cm³/mol. The van der Waals surface area contributed by atoms with Crippen LogP contribution in [0.2, 0.25) is 0 Å². The van der Waals surface area contributed by atoms with Gasteiger partial charge in [-0.3, -0.25) is 0 Å². The Morgan fingerprint density at radius 3 is 2.62 bits per heavy atom. The van der Waals surface area contributed by atoms with E-state index in [-0.39, 0.29) is 37.7 Å². The van der Waals surface area contributed by atoms with Crippen LogP contribution < -0.4 is 4.74 Å². The molecule has 1 aromatic heterocycles. The average Bonchev–Trinajstić information content (AvgIpc) is 2.14. The Balaban J connectivity index is 0.000000490. The van der Waals surface area contributed by atoms with Crippen molar-refractivity contribution in [3.63, 3.8) is 0 Å². The Kier molecular flexibility index (Phi) is 4.42. The van der Waals surface area contributed by atoms with E-state index in [4.69, 9.17) is 4.74 Å². The molecule has 0 radical (unpaired) electrons. The molecule has 0 aliphatic rings. The van der Waals surface area contributed by atoms with Crippen LogP contribution in [-0.2, 0) is 0 Å². The Morgan fingerprint density at radius 2 is 2.38 bits per heavy atom. The molecule has 0 fully saturated rings. The van der Waals surface area contributed by atoms with Crippen LogP contribution in [0.1, 0.15) is 0 Å². The maximum absolute atomic E-state index is 4.82. The summed E-state index contributed by atoms with van der Waals surface area (Å²) >= 11 is 0. The van der Waals surface area contributed by atoms with Gasteiger partial charge >= 0.3 is 37.7 Å². The minimum atomic E-state index is 0. The number of hydrogen-bond acceptors (Lipinski definition) is 1. The molecule has 0 atom stereocenters. The van der Waals surface area contributed by atoms with Crippen molar-refractivity contribution >= 4 is 37.7 Å². The van der Waals surface area contributed by atoms with E-state index in [1.807, 2.05) is 12.3 Å². The van der Waals surface area contributed by atoms with Gasteiger partial charge in [0.15, 0.2) is 0 Å². The molecule has 3 heteroatoms. The molecule has 0 bridgehead atoms. The van der Waals surface area contributed by atoms with Crippen LogP contribution in [0.3, 0.4) is 0 Å². The zero-order valence-electron chi connectivity index (χ0n) is 4.14. The number of ether oxygens (including phenoxy) is 1. The van der Waals surface area contributed by atoms with Gasteiger partial charge in [0.05, 0.1) is 7.11 Å². The molecule has 0 saturated heterocycles. The van der Waals surface area contributed by atoms with Gasteiger partial charge in [0.2, 0.25) is 0 Å². The molecule has 8 heavy (non-hydrogen) atoms. The monoisotopic (exact) mass is 139 g/mol. The average molecular weight is 139 g/mol. The predicted octanol–water partition coefficient (Wildman–Crippen LogP) is 0.107. The second-order valence-corrected chi connectivity index (χ2v) is 1.25. The number of rotatable bonds is 1. The summed E-state index contributed by atoms with van der Waals surface area (Å²) < 4.78 is 4.82. The van der Waals surface area contributed by atoms with E-state index >= 15 is 0 Å². The fraction of sp³-hybridized carbons (Fsp3) is 0.200. The third-order valence-corrected chi connectivity index (χ3v) is 0.805. The topological polar surface area (TPSA) is 25.0 Å². The first-order chi connectivity index (χ1) is 3.43. The molecule has 2 nitrogen and oxygen atoms in total. The van der Waals surface area contributed by atoms with Crippen LogP contribution >= 0.6 is 0 Å². The zero-order valence-corrected chi connectivity index (χ0v) is 4.14. The molecule has 0 saturated carbocycles. The van der Waals surface area contributed by atoms with Gasteiger partial charge in [0.1, 0.15) is 5.75 Å². The molecule has 0 unspecified atom stereocenters. The summed E-state index contributed by atoms with van der Waals surface area (Å²) in [7, 11) is 1.64. The Bertz CT molecular complexity index is 127. The molecule has 0 aromatic carbocycles. The SMILES string of the molecule is COc1cc[nH]c1.[CaH2]. The number of methoxy groups -OCH3 is 1. The van der Waals surface area contributed by atoms with E-state index in [9.17, 15) is 0 Å². The maximum atomic E-state index is 4.82.